The Morgan fingerprint density at radius 3 is 2.40 bits per heavy atom. The van der Waals surface area contributed by atoms with Crippen molar-refractivity contribution in [1.82, 2.24) is 9.97 Å². The molecule has 3 nitrogen and oxygen atoms in total. The van der Waals surface area contributed by atoms with E-state index >= 15 is 0 Å². The Labute approximate surface area is 64.2 Å². The Morgan fingerprint density at radius 1 is 1.40 bits per heavy atom. The first-order valence-electron chi connectivity index (χ1n) is 2.92. The smallest absolute Gasteiger partial charge is 0.142 e. The highest BCUT2D eigenvalue weighted by Gasteiger charge is 1.92. The summed E-state index contributed by atoms with van der Waals surface area (Å²) in [6, 6.07) is 0. The van der Waals surface area contributed by atoms with E-state index in [4.69, 9.17) is 17.3 Å². The van der Waals surface area contributed by atoms with Gasteiger partial charge < -0.3 is 5.73 Å². The Kier molecular flexibility index (Phi) is 2.59. The van der Waals surface area contributed by atoms with E-state index in [1.165, 1.54) is 0 Å². The van der Waals surface area contributed by atoms with E-state index in [-0.39, 0.29) is 0 Å². The average molecular weight is 158 g/mol. The van der Waals surface area contributed by atoms with Crippen LogP contribution < -0.4 is 5.73 Å². The lowest BCUT2D eigenvalue weighted by molar-refractivity contribution is 0.958. The van der Waals surface area contributed by atoms with Gasteiger partial charge in [-0.15, -0.1) is 11.6 Å². The summed E-state index contributed by atoms with van der Waals surface area (Å²) in [6.07, 6.45) is 3.37. The molecule has 0 amide bonds. The molecule has 1 rings (SSSR count). The summed E-state index contributed by atoms with van der Waals surface area (Å²) in [7, 11) is 0. The van der Waals surface area contributed by atoms with Gasteiger partial charge in [-0.3, -0.25) is 0 Å². The number of rotatable bonds is 2. The van der Waals surface area contributed by atoms with E-state index in [1.54, 1.807) is 12.4 Å². The zero-order chi connectivity index (χ0) is 7.40. The van der Waals surface area contributed by atoms with E-state index < -0.39 is 0 Å². The van der Waals surface area contributed by atoms with Crippen molar-refractivity contribution in [2.24, 2.45) is 5.73 Å². The van der Waals surface area contributed by atoms with Gasteiger partial charge in [-0.25, -0.2) is 9.97 Å². The van der Waals surface area contributed by atoms with Crippen molar-refractivity contribution >= 4 is 11.6 Å². The van der Waals surface area contributed by atoms with Crippen LogP contribution in [0.3, 0.4) is 0 Å². The number of hydrogen-bond donors (Lipinski definition) is 1. The Morgan fingerprint density at radius 2 is 2.00 bits per heavy atom. The van der Waals surface area contributed by atoms with E-state index in [0.717, 1.165) is 5.56 Å². The minimum Gasteiger partial charge on any atom is -0.326 e. The molecule has 1 heterocycles. The molecule has 1 aromatic rings. The molecule has 0 atom stereocenters. The van der Waals surface area contributed by atoms with Crippen molar-refractivity contribution in [2.45, 2.75) is 12.4 Å². The molecular formula is C6H8ClN3. The van der Waals surface area contributed by atoms with E-state index in [1.807, 2.05) is 0 Å². The fourth-order valence-electron chi connectivity index (χ4n) is 0.556. The van der Waals surface area contributed by atoms with Crippen molar-refractivity contribution in [1.29, 1.82) is 0 Å². The quantitative estimate of drug-likeness (QED) is 0.643. The molecule has 0 bridgehead atoms. The number of hydrogen-bond acceptors (Lipinski definition) is 3. The largest absolute Gasteiger partial charge is 0.326 e. The third-order valence-corrected chi connectivity index (χ3v) is 1.35. The third kappa shape index (κ3) is 1.65. The van der Waals surface area contributed by atoms with Crippen molar-refractivity contribution in [3.05, 3.63) is 23.8 Å². The lowest BCUT2D eigenvalue weighted by atomic mass is 10.3. The molecule has 0 aliphatic carbocycles. The zero-order valence-electron chi connectivity index (χ0n) is 5.42. The number of nitrogens with two attached hydrogens (primary N) is 1. The van der Waals surface area contributed by atoms with Crippen molar-refractivity contribution in [3.8, 4) is 0 Å². The second kappa shape index (κ2) is 3.49. The zero-order valence-corrected chi connectivity index (χ0v) is 6.17. The molecule has 4 heteroatoms. The van der Waals surface area contributed by atoms with Crippen LogP contribution in [0.15, 0.2) is 12.4 Å². The van der Waals surface area contributed by atoms with Crippen LogP contribution in [0, 0.1) is 0 Å². The highest BCUT2D eigenvalue weighted by Crippen LogP contribution is 1.96. The maximum Gasteiger partial charge on any atom is 0.142 e. The van der Waals surface area contributed by atoms with Gasteiger partial charge in [-0.05, 0) is 0 Å². The van der Waals surface area contributed by atoms with E-state index in [0.29, 0.717) is 18.2 Å². The Bertz CT molecular complexity index is 174. The summed E-state index contributed by atoms with van der Waals surface area (Å²) < 4.78 is 0. The average Bonchev–Trinajstić information content (AvgIpc) is 2.05. The van der Waals surface area contributed by atoms with E-state index in [2.05, 4.69) is 9.97 Å². The van der Waals surface area contributed by atoms with Gasteiger partial charge >= 0.3 is 0 Å². The highest BCUT2D eigenvalue weighted by molar-refractivity contribution is 6.16. The number of aromatic nitrogens is 2. The van der Waals surface area contributed by atoms with Crippen LogP contribution in [-0.2, 0) is 12.4 Å². The molecule has 1 aromatic heterocycles. The molecule has 0 fully saturated rings. The van der Waals surface area contributed by atoms with Crippen LogP contribution in [0.1, 0.15) is 11.4 Å². The number of alkyl halides is 1. The Hall–Kier alpha value is -0.670. The second-order valence-electron chi connectivity index (χ2n) is 1.85. The minimum atomic E-state index is 0.352. The first-order chi connectivity index (χ1) is 4.86. The van der Waals surface area contributed by atoms with Gasteiger partial charge in [-0.2, -0.15) is 0 Å². The fraction of sp³-hybridized carbons (Fsp3) is 0.333. The van der Waals surface area contributed by atoms with Crippen LogP contribution in [-0.4, -0.2) is 9.97 Å². The predicted octanol–water partition coefficient (Wildman–Crippen LogP) is 0.674. The molecular weight excluding hydrogens is 150 g/mol. The summed E-state index contributed by atoms with van der Waals surface area (Å²) in [5.41, 5.74) is 6.25. The van der Waals surface area contributed by atoms with Crippen LogP contribution in [0.2, 0.25) is 0 Å². The molecule has 0 radical (unpaired) electrons. The van der Waals surface area contributed by atoms with Crippen molar-refractivity contribution in [3.63, 3.8) is 0 Å². The standard InChI is InChI=1S/C6H8ClN3/c7-1-6-9-3-5(2-8)4-10-6/h3-4H,1-2,8H2. The minimum absolute atomic E-state index is 0.352. The van der Waals surface area contributed by atoms with Gasteiger partial charge in [0.15, 0.2) is 0 Å². The molecule has 0 unspecified atom stereocenters. The Balaban J connectivity index is 2.80. The van der Waals surface area contributed by atoms with Crippen LogP contribution in [0.25, 0.3) is 0 Å². The van der Waals surface area contributed by atoms with Gasteiger partial charge in [0.05, 0.1) is 5.88 Å². The lowest BCUT2D eigenvalue weighted by Crippen LogP contribution is -1.99. The first kappa shape index (κ1) is 7.44. The van der Waals surface area contributed by atoms with E-state index in [9.17, 15) is 0 Å². The summed E-state index contributed by atoms with van der Waals surface area (Å²) in [6.45, 7) is 0.475. The van der Waals surface area contributed by atoms with Gasteiger partial charge in [0.25, 0.3) is 0 Å². The number of nitrogens with zero attached hydrogens (tertiary/aromatic N) is 2. The fourth-order valence-corrected chi connectivity index (χ4v) is 0.694. The second-order valence-corrected chi connectivity index (χ2v) is 2.11. The molecule has 0 aromatic carbocycles. The van der Waals surface area contributed by atoms with Gasteiger partial charge in [0.1, 0.15) is 5.82 Å². The molecule has 0 aliphatic rings. The van der Waals surface area contributed by atoms with Crippen molar-refractivity contribution < 1.29 is 0 Å². The number of halogens is 1. The summed E-state index contributed by atoms with van der Waals surface area (Å²) in [5, 5.41) is 0. The van der Waals surface area contributed by atoms with Gasteiger partial charge in [0.2, 0.25) is 0 Å². The van der Waals surface area contributed by atoms with Crippen molar-refractivity contribution in [2.75, 3.05) is 0 Å². The van der Waals surface area contributed by atoms with Crippen LogP contribution in [0.5, 0.6) is 0 Å². The molecule has 0 saturated heterocycles. The maximum absolute atomic E-state index is 5.47. The normalized spacial score (nSPS) is 9.80. The SMILES string of the molecule is NCc1cnc(CCl)nc1. The molecule has 0 aliphatic heterocycles. The molecule has 54 valence electrons. The molecule has 0 saturated carbocycles. The monoisotopic (exact) mass is 157 g/mol. The molecule has 2 N–H and O–H groups in total. The first-order valence-corrected chi connectivity index (χ1v) is 3.46. The summed E-state index contributed by atoms with van der Waals surface area (Å²) in [5.74, 6) is 0.990. The summed E-state index contributed by atoms with van der Waals surface area (Å²) in [4.78, 5) is 7.89. The van der Waals surface area contributed by atoms with Gasteiger partial charge in [0, 0.05) is 24.5 Å². The molecule has 10 heavy (non-hydrogen) atoms. The third-order valence-electron chi connectivity index (χ3n) is 1.11. The van der Waals surface area contributed by atoms with Crippen LogP contribution in [0.4, 0.5) is 0 Å². The van der Waals surface area contributed by atoms with Crippen LogP contribution >= 0.6 is 11.6 Å². The lowest BCUT2D eigenvalue weighted by Gasteiger charge is -1.94. The van der Waals surface area contributed by atoms with Gasteiger partial charge in [-0.1, -0.05) is 0 Å². The predicted molar refractivity (Wildman–Crippen MR) is 39.5 cm³/mol. The highest BCUT2D eigenvalue weighted by atomic mass is 35.5. The maximum atomic E-state index is 5.47. The summed E-state index contributed by atoms with van der Waals surface area (Å²) >= 11 is 5.47. The topological polar surface area (TPSA) is 51.8 Å². The molecule has 0 spiro atoms.